The highest BCUT2D eigenvalue weighted by atomic mass is 14.9. The first-order chi connectivity index (χ1) is 20.8. The molecule has 6 heteroatoms. The van der Waals surface area contributed by atoms with Crippen molar-refractivity contribution in [3.05, 3.63) is 119 Å². The maximum absolute atomic E-state index is 4.56. The zero-order valence-corrected chi connectivity index (χ0v) is 24.0. The average Bonchev–Trinajstić information content (AvgIpc) is 3.04. The third-order valence-electron chi connectivity index (χ3n) is 6.94. The molecule has 0 unspecified atom stereocenters. The van der Waals surface area contributed by atoms with Crippen LogP contribution in [0.4, 0.5) is 0 Å². The van der Waals surface area contributed by atoms with E-state index in [0.29, 0.717) is 0 Å². The van der Waals surface area contributed by atoms with Crippen molar-refractivity contribution in [2.24, 2.45) is 20.0 Å². The molecule has 0 amide bonds. The molecule has 4 aromatic rings. The first-order valence-electron chi connectivity index (χ1n) is 14.7. The largest absolute Gasteiger partial charge is 0.313 e. The molecule has 7 heterocycles. The van der Waals surface area contributed by atoms with Gasteiger partial charge in [-0.2, -0.15) is 0 Å². The van der Waals surface area contributed by atoms with Gasteiger partial charge in [-0.15, -0.1) is 0 Å². The number of hydrogen-bond donors (Lipinski definition) is 2. The van der Waals surface area contributed by atoms with E-state index >= 15 is 0 Å². The molecule has 2 N–H and O–H groups in total. The number of aliphatic imine (C=N–C) groups is 4. The van der Waals surface area contributed by atoms with Crippen LogP contribution in [0.1, 0.15) is 22.3 Å². The summed E-state index contributed by atoms with van der Waals surface area (Å²) in [7, 11) is 0. The van der Waals surface area contributed by atoms with Crippen LogP contribution in [0, 0.1) is 0 Å². The zero-order chi connectivity index (χ0) is 28.7. The normalized spacial score (nSPS) is 15.2. The van der Waals surface area contributed by atoms with E-state index < -0.39 is 0 Å². The number of nitrogens with one attached hydrogen (secondary N) is 2. The standard InChI is InChI=1S/C36H38N6/c1-9-33-10-2-29(1)25-39-21-17-37-18-22-41-27-31-5-13-35(14-6-31)36-15-7-32(8-16-36)28-42-24-20-38-19-23-40-26-30-3-11-34(33)12-4-30/h1-16,25-28,37-38H,17-24H2. The first-order valence-corrected chi connectivity index (χ1v) is 14.7. The Hall–Kier alpha value is -4.52. The van der Waals surface area contributed by atoms with Gasteiger partial charge in [0.2, 0.25) is 0 Å². The number of rotatable bonds is 0. The Morgan fingerprint density at radius 3 is 0.738 bits per heavy atom. The van der Waals surface area contributed by atoms with Crippen molar-refractivity contribution in [3.8, 4) is 22.3 Å². The molecule has 0 atom stereocenters. The Balaban J connectivity index is 1.20. The van der Waals surface area contributed by atoms with Crippen LogP contribution in [0.2, 0.25) is 0 Å². The van der Waals surface area contributed by atoms with Crippen LogP contribution < -0.4 is 10.6 Å². The van der Waals surface area contributed by atoms with E-state index in [1.807, 2.05) is 24.9 Å². The highest BCUT2D eigenvalue weighted by molar-refractivity contribution is 5.84. The maximum Gasteiger partial charge on any atom is 0.0514 e. The molecule has 0 aromatic heterocycles. The predicted molar refractivity (Wildman–Crippen MR) is 179 cm³/mol. The fraction of sp³-hybridized carbons (Fsp3) is 0.222. The van der Waals surface area contributed by atoms with Crippen molar-refractivity contribution < 1.29 is 0 Å². The molecule has 42 heavy (non-hydrogen) atoms. The molecule has 11 rings (SSSR count). The topological polar surface area (TPSA) is 73.5 Å². The molecule has 4 aromatic carbocycles. The lowest BCUT2D eigenvalue weighted by molar-refractivity contribution is 0.699. The molecular weight excluding hydrogens is 516 g/mol. The van der Waals surface area contributed by atoms with E-state index in [2.05, 4.69) is 128 Å². The number of hydrogen-bond acceptors (Lipinski definition) is 6. The molecule has 0 saturated heterocycles. The van der Waals surface area contributed by atoms with E-state index in [9.17, 15) is 0 Å². The average molecular weight is 555 g/mol. The van der Waals surface area contributed by atoms with Gasteiger partial charge in [-0.3, -0.25) is 20.0 Å². The fourth-order valence-corrected chi connectivity index (χ4v) is 4.55. The van der Waals surface area contributed by atoms with Crippen molar-refractivity contribution >= 4 is 24.9 Å². The minimum Gasteiger partial charge on any atom is -0.313 e. The van der Waals surface area contributed by atoms with Gasteiger partial charge in [-0.05, 0) is 44.5 Å². The molecule has 6 nitrogen and oxygen atoms in total. The Labute approximate surface area is 249 Å². The van der Waals surface area contributed by atoms with E-state index in [1.54, 1.807) is 0 Å². The van der Waals surface area contributed by atoms with Gasteiger partial charge in [-0.25, -0.2) is 0 Å². The second-order valence-electron chi connectivity index (χ2n) is 10.1. The van der Waals surface area contributed by atoms with E-state index in [0.717, 1.165) is 74.6 Å². The smallest absolute Gasteiger partial charge is 0.0514 e. The van der Waals surface area contributed by atoms with Crippen LogP contribution in [0.25, 0.3) is 22.3 Å². The Bertz CT molecular complexity index is 1250. The molecule has 0 aliphatic carbocycles. The molecule has 7 aliphatic heterocycles. The van der Waals surface area contributed by atoms with Crippen molar-refractivity contribution in [2.45, 2.75) is 0 Å². The summed E-state index contributed by atoms with van der Waals surface area (Å²) in [6, 6.07) is 34.1. The SMILES string of the molecule is C1=NCCNCCN=Cc2ccc(cc2)-c2ccc(cc2)C=NCCNCCN=Cc2ccc(cc2)-c2ccc1cc2. The third kappa shape index (κ3) is 9.26. The van der Waals surface area contributed by atoms with Crippen LogP contribution in [-0.4, -0.2) is 77.2 Å². The van der Waals surface area contributed by atoms with Crippen molar-refractivity contribution in [1.82, 2.24) is 10.6 Å². The monoisotopic (exact) mass is 554 g/mol. The molecule has 0 radical (unpaired) electrons. The number of benzene rings is 4. The second-order valence-corrected chi connectivity index (χ2v) is 10.1. The molecular formula is C36H38N6. The highest BCUT2D eigenvalue weighted by Gasteiger charge is 2.00. The summed E-state index contributed by atoms with van der Waals surface area (Å²) in [5, 5.41) is 6.82. The lowest BCUT2D eigenvalue weighted by Gasteiger charge is -2.04. The fourth-order valence-electron chi connectivity index (χ4n) is 4.55. The number of nitrogens with zero attached hydrogens (tertiary/aromatic N) is 4. The summed E-state index contributed by atoms with van der Waals surface area (Å²) in [6.07, 6.45) is 7.76. The molecule has 0 spiro atoms. The molecule has 8 bridgehead atoms. The molecule has 0 fully saturated rings. The summed E-state index contributed by atoms with van der Waals surface area (Å²) >= 11 is 0. The van der Waals surface area contributed by atoms with Gasteiger partial charge >= 0.3 is 0 Å². The highest BCUT2D eigenvalue weighted by Crippen LogP contribution is 2.21. The van der Waals surface area contributed by atoms with Gasteiger partial charge in [0.1, 0.15) is 0 Å². The minimum absolute atomic E-state index is 0.736. The lowest BCUT2D eigenvalue weighted by Crippen LogP contribution is -2.20. The van der Waals surface area contributed by atoms with Gasteiger partial charge in [0.25, 0.3) is 0 Å². The van der Waals surface area contributed by atoms with Gasteiger partial charge in [-0.1, -0.05) is 97.1 Å². The molecule has 7 aliphatic rings. The summed E-state index contributed by atoms with van der Waals surface area (Å²) in [5.41, 5.74) is 9.18. The summed E-state index contributed by atoms with van der Waals surface area (Å²) < 4.78 is 0. The van der Waals surface area contributed by atoms with Crippen molar-refractivity contribution in [1.29, 1.82) is 0 Å². The summed E-state index contributed by atoms with van der Waals surface area (Å²) in [5.74, 6) is 0. The lowest BCUT2D eigenvalue weighted by atomic mass is 10.0. The zero-order valence-electron chi connectivity index (χ0n) is 24.0. The van der Waals surface area contributed by atoms with Gasteiger partial charge in [0.05, 0.1) is 26.2 Å². The van der Waals surface area contributed by atoms with Gasteiger partial charge in [0, 0.05) is 51.0 Å². The molecule has 0 saturated carbocycles. The predicted octanol–water partition coefficient (Wildman–Crippen LogP) is 5.59. The van der Waals surface area contributed by atoms with Crippen LogP contribution >= 0.6 is 0 Å². The van der Waals surface area contributed by atoms with E-state index in [-0.39, 0.29) is 0 Å². The Morgan fingerprint density at radius 1 is 0.310 bits per heavy atom. The Morgan fingerprint density at radius 2 is 0.524 bits per heavy atom. The Kier molecular flexibility index (Phi) is 11.1. The van der Waals surface area contributed by atoms with Crippen molar-refractivity contribution in [3.63, 3.8) is 0 Å². The van der Waals surface area contributed by atoms with E-state index in [1.165, 1.54) is 22.3 Å². The maximum atomic E-state index is 4.56. The summed E-state index contributed by atoms with van der Waals surface area (Å²) in [4.78, 5) is 18.3. The second kappa shape index (κ2) is 16.1. The van der Waals surface area contributed by atoms with E-state index in [4.69, 9.17) is 0 Å². The van der Waals surface area contributed by atoms with Gasteiger partial charge < -0.3 is 10.6 Å². The van der Waals surface area contributed by atoms with Crippen LogP contribution in [0.5, 0.6) is 0 Å². The molecule has 212 valence electrons. The summed E-state index contributed by atoms with van der Waals surface area (Å²) in [6.45, 7) is 6.26. The van der Waals surface area contributed by atoms with Crippen LogP contribution in [0.15, 0.2) is 117 Å². The van der Waals surface area contributed by atoms with Crippen molar-refractivity contribution in [2.75, 3.05) is 52.4 Å². The van der Waals surface area contributed by atoms with Crippen LogP contribution in [0.3, 0.4) is 0 Å². The van der Waals surface area contributed by atoms with Crippen LogP contribution in [-0.2, 0) is 0 Å². The minimum atomic E-state index is 0.736. The van der Waals surface area contributed by atoms with Gasteiger partial charge in [0.15, 0.2) is 0 Å². The first kappa shape index (κ1) is 29.0. The quantitative estimate of drug-likeness (QED) is 0.298. The third-order valence-corrected chi connectivity index (χ3v) is 6.94.